The normalized spacial score (nSPS) is 14.6. The van der Waals surface area contributed by atoms with Crippen LogP contribution in [0, 0.1) is 0 Å². The van der Waals surface area contributed by atoms with Gasteiger partial charge in [-0.3, -0.25) is 0 Å². The van der Waals surface area contributed by atoms with Gasteiger partial charge in [-0.2, -0.15) is 0 Å². The summed E-state index contributed by atoms with van der Waals surface area (Å²) >= 11 is 3.41. The predicted octanol–water partition coefficient (Wildman–Crippen LogP) is 3.92. The van der Waals surface area contributed by atoms with E-state index in [1.807, 2.05) is 24.3 Å². The first kappa shape index (κ1) is 13.6. The fraction of sp³-hybridized carbons (Fsp3) is 0.467. The smallest absolute Gasteiger partial charge is 0.119 e. The van der Waals surface area contributed by atoms with Crippen LogP contribution in [0.1, 0.15) is 25.7 Å². The van der Waals surface area contributed by atoms with Crippen molar-refractivity contribution in [1.29, 1.82) is 0 Å². The van der Waals surface area contributed by atoms with Gasteiger partial charge in [-0.1, -0.05) is 27.6 Å². The topological polar surface area (TPSA) is 21.3 Å². The lowest BCUT2D eigenvalue weighted by Crippen LogP contribution is -2.22. The van der Waals surface area contributed by atoms with Crippen molar-refractivity contribution in [2.24, 2.45) is 0 Å². The molecule has 0 unspecified atom stereocenters. The SMILES string of the molecule is Brc1ccc(OCCNCCC2=CCCC2)cc1. The van der Waals surface area contributed by atoms with Crippen molar-refractivity contribution in [3.63, 3.8) is 0 Å². The maximum Gasteiger partial charge on any atom is 0.119 e. The highest BCUT2D eigenvalue weighted by molar-refractivity contribution is 9.10. The molecule has 0 spiro atoms. The van der Waals surface area contributed by atoms with E-state index in [9.17, 15) is 0 Å². The summed E-state index contributed by atoms with van der Waals surface area (Å²) in [6, 6.07) is 7.95. The molecule has 2 nitrogen and oxygen atoms in total. The minimum atomic E-state index is 0.723. The van der Waals surface area contributed by atoms with Crippen molar-refractivity contribution in [1.82, 2.24) is 5.32 Å². The van der Waals surface area contributed by atoms with Crippen LogP contribution in [0.5, 0.6) is 5.75 Å². The second-order valence-corrected chi connectivity index (χ2v) is 5.47. The summed E-state index contributed by atoms with van der Waals surface area (Å²) in [7, 11) is 0. The van der Waals surface area contributed by atoms with Crippen LogP contribution in [0.25, 0.3) is 0 Å². The lowest BCUT2D eigenvalue weighted by Gasteiger charge is -2.08. The Kier molecular flexibility index (Phi) is 5.75. The van der Waals surface area contributed by atoms with Crippen molar-refractivity contribution in [3.8, 4) is 5.75 Å². The Hall–Kier alpha value is -0.800. The van der Waals surface area contributed by atoms with E-state index in [0.29, 0.717) is 0 Å². The number of allylic oxidation sites excluding steroid dienone is 1. The zero-order valence-corrected chi connectivity index (χ0v) is 12.2. The molecule has 1 aromatic carbocycles. The van der Waals surface area contributed by atoms with Gasteiger partial charge in [0.1, 0.15) is 12.4 Å². The third-order valence-corrected chi connectivity index (χ3v) is 3.65. The highest BCUT2D eigenvalue weighted by atomic mass is 79.9. The summed E-state index contributed by atoms with van der Waals surface area (Å²) in [5, 5.41) is 3.42. The Morgan fingerprint density at radius 1 is 1.17 bits per heavy atom. The van der Waals surface area contributed by atoms with Crippen LogP contribution < -0.4 is 10.1 Å². The van der Waals surface area contributed by atoms with Crippen LogP contribution in [0.4, 0.5) is 0 Å². The molecule has 1 aliphatic rings. The number of nitrogens with one attached hydrogen (secondary N) is 1. The summed E-state index contributed by atoms with van der Waals surface area (Å²) in [6.45, 7) is 2.69. The molecule has 2 rings (SSSR count). The largest absolute Gasteiger partial charge is 0.492 e. The van der Waals surface area contributed by atoms with Crippen LogP contribution in [-0.2, 0) is 0 Å². The van der Waals surface area contributed by atoms with Crippen molar-refractivity contribution in [2.45, 2.75) is 25.7 Å². The summed E-state index contributed by atoms with van der Waals surface area (Å²) in [5.74, 6) is 0.929. The third kappa shape index (κ3) is 4.83. The zero-order chi connectivity index (χ0) is 12.6. The number of hydrogen-bond donors (Lipinski definition) is 1. The highest BCUT2D eigenvalue weighted by Crippen LogP contribution is 2.19. The molecule has 1 N–H and O–H groups in total. The second kappa shape index (κ2) is 7.59. The van der Waals surface area contributed by atoms with Crippen molar-refractivity contribution >= 4 is 15.9 Å². The molecule has 0 amide bonds. The summed E-state index contributed by atoms with van der Waals surface area (Å²) in [6.07, 6.45) is 7.51. The Morgan fingerprint density at radius 3 is 2.72 bits per heavy atom. The number of benzene rings is 1. The van der Waals surface area contributed by atoms with Crippen LogP contribution in [0.15, 0.2) is 40.4 Å². The highest BCUT2D eigenvalue weighted by Gasteiger charge is 2.03. The Bertz CT molecular complexity index is 386. The van der Waals surface area contributed by atoms with E-state index < -0.39 is 0 Å². The number of halogens is 1. The third-order valence-electron chi connectivity index (χ3n) is 3.12. The molecule has 0 saturated heterocycles. The molecule has 0 aliphatic heterocycles. The molecular formula is C15H20BrNO. The van der Waals surface area contributed by atoms with Gasteiger partial charge in [0.2, 0.25) is 0 Å². The van der Waals surface area contributed by atoms with Gasteiger partial charge in [0.05, 0.1) is 0 Å². The van der Waals surface area contributed by atoms with Gasteiger partial charge < -0.3 is 10.1 Å². The summed E-state index contributed by atoms with van der Waals surface area (Å²) < 4.78 is 6.72. The second-order valence-electron chi connectivity index (χ2n) is 4.56. The van der Waals surface area contributed by atoms with Gasteiger partial charge in [-0.25, -0.2) is 0 Å². The van der Waals surface area contributed by atoms with Crippen LogP contribution >= 0.6 is 15.9 Å². The van der Waals surface area contributed by atoms with Gasteiger partial charge in [0.25, 0.3) is 0 Å². The minimum Gasteiger partial charge on any atom is -0.492 e. The first-order valence-electron chi connectivity index (χ1n) is 6.61. The van der Waals surface area contributed by atoms with E-state index in [4.69, 9.17) is 4.74 Å². The van der Waals surface area contributed by atoms with Gasteiger partial charge in [0.15, 0.2) is 0 Å². The quantitative estimate of drug-likeness (QED) is 0.609. The van der Waals surface area contributed by atoms with Crippen LogP contribution in [0.3, 0.4) is 0 Å². The Labute approximate surface area is 118 Å². The van der Waals surface area contributed by atoms with E-state index >= 15 is 0 Å². The average Bonchev–Trinajstić information content (AvgIpc) is 2.89. The van der Waals surface area contributed by atoms with E-state index in [-0.39, 0.29) is 0 Å². The molecule has 0 atom stereocenters. The number of hydrogen-bond acceptors (Lipinski definition) is 2. The van der Waals surface area contributed by atoms with Crippen molar-refractivity contribution < 1.29 is 4.74 Å². The molecule has 0 fully saturated rings. The van der Waals surface area contributed by atoms with Gasteiger partial charge in [0, 0.05) is 11.0 Å². The standard InChI is InChI=1S/C15H20BrNO/c16-14-5-7-15(8-6-14)18-12-11-17-10-9-13-3-1-2-4-13/h3,5-8,17H,1-2,4,9-12H2. The first-order chi connectivity index (χ1) is 8.84. The zero-order valence-electron chi connectivity index (χ0n) is 10.6. The Balaban J connectivity index is 1.52. The van der Waals surface area contributed by atoms with Crippen molar-refractivity contribution in [2.75, 3.05) is 19.7 Å². The molecule has 0 saturated carbocycles. The molecule has 98 valence electrons. The molecule has 0 radical (unpaired) electrons. The summed E-state index contributed by atoms with van der Waals surface area (Å²) in [4.78, 5) is 0. The van der Waals surface area contributed by atoms with Crippen LogP contribution in [0.2, 0.25) is 0 Å². The maximum atomic E-state index is 5.64. The molecule has 1 aliphatic carbocycles. The average molecular weight is 310 g/mol. The molecule has 0 heterocycles. The molecule has 3 heteroatoms. The number of rotatable bonds is 7. The van der Waals surface area contributed by atoms with E-state index in [1.165, 1.54) is 25.7 Å². The van der Waals surface area contributed by atoms with Gasteiger partial charge >= 0.3 is 0 Å². The fourth-order valence-electron chi connectivity index (χ4n) is 2.11. The van der Waals surface area contributed by atoms with Gasteiger partial charge in [-0.15, -0.1) is 0 Å². The lowest BCUT2D eigenvalue weighted by molar-refractivity contribution is 0.314. The van der Waals surface area contributed by atoms with Gasteiger partial charge in [-0.05, 0) is 56.5 Å². The number of ether oxygens (including phenoxy) is 1. The monoisotopic (exact) mass is 309 g/mol. The fourth-order valence-corrected chi connectivity index (χ4v) is 2.37. The maximum absolute atomic E-state index is 5.64. The van der Waals surface area contributed by atoms with E-state index in [2.05, 4.69) is 27.3 Å². The summed E-state index contributed by atoms with van der Waals surface area (Å²) in [5.41, 5.74) is 1.62. The molecule has 0 aromatic heterocycles. The molecule has 1 aromatic rings. The predicted molar refractivity (Wildman–Crippen MR) is 79.1 cm³/mol. The molecular weight excluding hydrogens is 290 g/mol. The Morgan fingerprint density at radius 2 is 2.00 bits per heavy atom. The van der Waals surface area contributed by atoms with E-state index in [0.717, 1.165) is 29.9 Å². The van der Waals surface area contributed by atoms with E-state index in [1.54, 1.807) is 5.57 Å². The minimum absolute atomic E-state index is 0.723. The van der Waals surface area contributed by atoms with Crippen molar-refractivity contribution in [3.05, 3.63) is 40.4 Å². The first-order valence-corrected chi connectivity index (χ1v) is 7.41. The molecule has 18 heavy (non-hydrogen) atoms. The lowest BCUT2D eigenvalue weighted by atomic mass is 10.2. The van der Waals surface area contributed by atoms with Crippen LogP contribution in [-0.4, -0.2) is 19.7 Å². The molecule has 0 bridgehead atoms.